The van der Waals surface area contributed by atoms with Crippen molar-refractivity contribution in [3.8, 4) is 0 Å². The zero-order valence-electron chi connectivity index (χ0n) is 11.7. The molecule has 100 valence electrons. The maximum absolute atomic E-state index is 4.14. The van der Waals surface area contributed by atoms with Gasteiger partial charge in [0.05, 0.1) is 0 Å². The second kappa shape index (κ2) is 6.89. The summed E-state index contributed by atoms with van der Waals surface area (Å²) in [5.74, 6) is 2.27. The predicted molar refractivity (Wildman–Crippen MR) is 76.6 cm³/mol. The van der Waals surface area contributed by atoms with Gasteiger partial charge >= 0.3 is 0 Å². The second-order valence-electron chi connectivity index (χ2n) is 5.98. The van der Waals surface area contributed by atoms with E-state index in [0.717, 1.165) is 24.9 Å². The largest absolute Gasteiger partial charge is 0.316 e. The molecular formula is C16H26N2. The summed E-state index contributed by atoms with van der Waals surface area (Å²) in [7, 11) is 0. The van der Waals surface area contributed by atoms with Crippen molar-refractivity contribution < 1.29 is 0 Å². The fourth-order valence-electron chi connectivity index (χ4n) is 3.05. The Morgan fingerprint density at radius 1 is 1.17 bits per heavy atom. The third-order valence-electron chi connectivity index (χ3n) is 4.02. The van der Waals surface area contributed by atoms with Crippen LogP contribution in [0, 0.1) is 11.8 Å². The van der Waals surface area contributed by atoms with Gasteiger partial charge < -0.3 is 5.32 Å². The quantitative estimate of drug-likeness (QED) is 0.829. The van der Waals surface area contributed by atoms with E-state index in [9.17, 15) is 0 Å². The van der Waals surface area contributed by atoms with E-state index in [2.05, 4.69) is 36.3 Å². The third kappa shape index (κ3) is 3.81. The minimum atomic E-state index is 0.675. The lowest BCUT2D eigenvalue weighted by Crippen LogP contribution is -2.28. The van der Waals surface area contributed by atoms with E-state index >= 15 is 0 Å². The van der Waals surface area contributed by atoms with Crippen molar-refractivity contribution in [1.82, 2.24) is 10.3 Å². The first kappa shape index (κ1) is 13.5. The molecule has 0 radical (unpaired) electrons. The van der Waals surface area contributed by atoms with Crippen molar-refractivity contribution in [2.24, 2.45) is 11.8 Å². The first-order chi connectivity index (χ1) is 8.77. The van der Waals surface area contributed by atoms with Crippen LogP contribution >= 0.6 is 0 Å². The highest BCUT2D eigenvalue weighted by Crippen LogP contribution is 2.36. The summed E-state index contributed by atoms with van der Waals surface area (Å²) >= 11 is 0. The zero-order valence-corrected chi connectivity index (χ0v) is 11.7. The summed E-state index contributed by atoms with van der Waals surface area (Å²) in [5.41, 5.74) is 1.47. The summed E-state index contributed by atoms with van der Waals surface area (Å²) in [4.78, 5) is 4.14. The lowest BCUT2D eigenvalue weighted by molar-refractivity contribution is 0.400. The number of hydrogen-bond donors (Lipinski definition) is 1. The van der Waals surface area contributed by atoms with Crippen LogP contribution in [-0.2, 0) is 0 Å². The Bertz CT molecular complexity index is 328. The van der Waals surface area contributed by atoms with Crippen LogP contribution in [0.4, 0.5) is 0 Å². The number of hydrogen-bond acceptors (Lipinski definition) is 2. The van der Waals surface area contributed by atoms with Crippen molar-refractivity contribution in [2.75, 3.05) is 13.1 Å². The summed E-state index contributed by atoms with van der Waals surface area (Å²) in [5, 5.41) is 3.64. The van der Waals surface area contributed by atoms with Crippen molar-refractivity contribution in [2.45, 2.75) is 45.4 Å². The lowest BCUT2D eigenvalue weighted by atomic mass is 9.85. The van der Waals surface area contributed by atoms with E-state index in [0.29, 0.717) is 5.92 Å². The SMILES string of the molecule is CC(C)CNCC(c1ccncc1)C1CCCC1. The summed E-state index contributed by atoms with van der Waals surface area (Å²) in [6.45, 7) is 6.77. The average molecular weight is 246 g/mol. The van der Waals surface area contributed by atoms with Gasteiger partial charge in [-0.2, -0.15) is 0 Å². The van der Waals surface area contributed by atoms with Crippen LogP contribution in [-0.4, -0.2) is 18.1 Å². The molecule has 0 bridgehead atoms. The van der Waals surface area contributed by atoms with Gasteiger partial charge in [0, 0.05) is 18.9 Å². The molecule has 1 heterocycles. The fraction of sp³-hybridized carbons (Fsp3) is 0.688. The minimum Gasteiger partial charge on any atom is -0.316 e. The molecule has 1 aliphatic carbocycles. The van der Waals surface area contributed by atoms with Crippen molar-refractivity contribution in [3.05, 3.63) is 30.1 Å². The molecule has 1 unspecified atom stereocenters. The van der Waals surface area contributed by atoms with Gasteiger partial charge in [0.1, 0.15) is 0 Å². The normalized spacial score (nSPS) is 18.4. The number of nitrogens with one attached hydrogen (secondary N) is 1. The van der Waals surface area contributed by atoms with Crippen LogP contribution in [0.15, 0.2) is 24.5 Å². The molecule has 0 aliphatic heterocycles. The van der Waals surface area contributed by atoms with Crippen LogP contribution < -0.4 is 5.32 Å². The van der Waals surface area contributed by atoms with Gasteiger partial charge in [-0.1, -0.05) is 26.7 Å². The molecule has 1 aliphatic rings. The van der Waals surface area contributed by atoms with Gasteiger partial charge in [-0.15, -0.1) is 0 Å². The molecule has 0 saturated heterocycles. The molecule has 1 atom stereocenters. The summed E-state index contributed by atoms with van der Waals surface area (Å²) in [6.07, 6.45) is 9.49. The van der Waals surface area contributed by atoms with Crippen LogP contribution in [0.25, 0.3) is 0 Å². The van der Waals surface area contributed by atoms with E-state index < -0.39 is 0 Å². The Morgan fingerprint density at radius 2 is 1.83 bits per heavy atom. The van der Waals surface area contributed by atoms with E-state index in [1.807, 2.05) is 12.4 Å². The molecule has 0 spiro atoms. The number of rotatable bonds is 6. The van der Waals surface area contributed by atoms with Gasteiger partial charge in [0.15, 0.2) is 0 Å². The number of pyridine rings is 1. The molecule has 18 heavy (non-hydrogen) atoms. The first-order valence-corrected chi connectivity index (χ1v) is 7.38. The molecule has 2 rings (SSSR count). The molecule has 1 saturated carbocycles. The van der Waals surface area contributed by atoms with Gasteiger partial charge in [0.25, 0.3) is 0 Å². The topological polar surface area (TPSA) is 24.9 Å². The molecule has 1 aromatic heterocycles. The maximum atomic E-state index is 4.14. The average Bonchev–Trinajstić information content (AvgIpc) is 2.89. The monoisotopic (exact) mass is 246 g/mol. The molecule has 2 nitrogen and oxygen atoms in total. The Morgan fingerprint density at radius 3 is 2.44 bits per heavy atom. The maximum Gasteiger partial charge on any atom is 0.0270 e. The molecular weight excluding hydrogens is 220 g/mol. The molecule has 1 N–H and O–H groups in total. The van der Waals surface area contributed by atoms with E-state index in [-0.39, 0.29) is 0 Å². The van der Waals surface area contributed by atoms with Crippen molar-refractivity contribution >= 4 is 0 Å². The first-order valence-electron chi connectivity index (χ1n) is 7.38. The molecule has 2 heteroatoms. The van der Waals surface area contributed by atoms with Crippen LogP contribution in [0.5, 0.6) is 0 Å². The minimum absolute atomic E-state index is 0.675. The van der Waals surface area contributed by atoms with Gasteiger partial charge in [0.2, 0.25) is 0 Å². The Kier molecular flexibility index (Phi) is 5.18. The lowest BCUT2D eigenvalue weighted by Gasteiger charge is -2.24. The van der Waals surface area contributed by atoms with Gasteiger partial charge in [-0.05, 0) is 54.8 Å². The van der Waals surface area contributed by atoms with Crippen LogP contribution in [0.1, 0.15) is 51.0 Å². The Hall–Kier alpha value is -0.890. The Balaban J connectivity index is 1.98. The Labute approximate surface area is 111 Å². The third-order valence-corrected chi connectivity index (χ3v) is 4.02. The second-order valence-corrected chi connectivity index (χ2v) is 5.98. The van der Waals surface area contributed by atoms with E-state index in [1.165, 1.54) is 31.2 Å². The summed E-state index contributed by atoms with van der Waals surface area (Å²) < 4.78 is 0. The number of nitrogens with zero attached hydrogens (tertiary/aromatic N) is 1. The number of aromatic nitrogens is 1. The molecule has 0 amide bonds. The van der Waals surface area contributed by atoms with Crippen molar-refractivity contribution in [1.29, 1.82) is 0 Å². The highest BCUT2D eigenvalue weighted by atomic mass is 14.9. The van der Waals surface area contributed by atoms with Crippen LogP contribution in [0.3, 0.4) is 0 Å². The molecule has 1 aromatic rings. The summed E-state index contributed by atoms with van der Waals surface area (Å²) in [6, 6.07) is 4.39. The van der Waals surface area contributed by atoms with Crippen molar-refractivity contribution in [3.63, 3.8) is 0 Å². The molecule has 0 aromatic carbocycles. The zero-order chi connectivity index (χ0) is 12.8. The highest BCUT2D eigenvalue weighted by Gasteiger charge is 2.25. The van der Waals surface area contributed by atoms with Gasteiger partial charge in [-0.25, -0.2) is 0 Å². The smallest absolute Gasteiger partial charge is 0.0270 e. The standard InChI is InChI=1S/C16H26N2/c1-13(2)11-18-12-16(14-5-3-4-6-14)15-7-9-17-10-8-15/h7-10,13-14,16,18H,3-6,11-12H2,1-2H3. The predicted octanol–water partition coefficient (Wildman–Crippen LogP) is 3.60. The highest BCUT2D eigenvalue weighted by molar-refractivity contribution is 5.17. The van der Waals surface area contributed by atoms with E-state index in [4.69, 9.17) is 0 Å². The van der Waals surface area contributed by atoms with Crippen LogP contribution in [0.2, 0.25) is 0 Å². The van der Waals surface area contributed by atoms with E-state index in [1.54, 1.807) is 0 Å². The fourth-order valence-corrected chi connectivity index (χ4v) is 3.05. The van der Waals surface area contributed by atoms with Gasteiger partial charge in [-0.3, -0.25) is 4.98 Å². The molecule has 1 fully saturated rings.